The summed E-state index contributed by atoms with van der Waals surface area (Å²) in [5.74, 6) is 0.0824. The predicted molar refractivity (Wildman–Crippen MR) is 75.8 cm³/mol. The van der Waals surface area contributed by atoms with Crippen molar-refractivity contribution < 1.29 is 9.90 Å². The van der Waals surface area contributed by atoms with E-state index < -0.39 is 5.60 Å². The molecule has 1 heterocycles. The molecule has 0 bridgehead atoms. The van der Waals surface area contributed by atoms with Crippen LogP contribution in [-0.4, -0.2) is 34.5 Å². The maximum atomic E-state index is 11.2. The Morgan fingerprint density at radius 3 is 2.68 bits per heavy atom. The predicted octanol–water partition coefficient (Wildman–Crippen LogP) is 2.38. The number of hydrogen-bond donors (Lipinski definition) is 1. The molecule has 1 N–H and O–H groups in total. The molecule has 1 unspecified atom stereocenters. The molecule has 104 valence electrons. The Labute approximate surface area is 115 Å². The van der Waals surface area contributed by atoms with Crippen LogP contribution in [0.2, 0.25) is 0 Å². The lowest BCUT2D eigenvalue weighted by molar-refractivity contribution is -0.122. The van der Waals surface area contributed by atoms with E-state index in [1.54, 1.807) is 6.92 Å². The molecule has 0 spiro atoms. The van der Waals surface area contributed by atoms with E-state index in [0.29, 0.717) is 12.8 Å². The summed E-state index contributed by atoms with van der Waals surface area (Å²) < 4.78 is 0. The maximum absolute atomic E-state index is 11.2. The minimum absolute atomic E-state index is 0.0824. The monoisotopic (exact) mass is 261 g/mol. The van der Waals surface area contributed by atoms with Crippen molar-refractivity contribution >= 4 is 5.78 Å². The molecule has 1 fully saturated rings. The first kappa shape index (κ1) is 14.2. The number of hydrogen-bond acceptors (Lipinski definition) is 3. The van der Waals surface area contributed by atoms with E-state index in [0.717, 1.165) is 32.5 Å². The zero-order chi connectivity index (χ0) is 13.7. The van der Waals surface area contributed by atoms with Crippen LogP contribution < -0.4 is 0 Å². The van der Waals surface area contributed by atoms with E-state index in [-0.39, 0.29) is 5.78 Å². The van der Waals surface area contributed by atoms with E-state index in [1.165, 1.54) is 5.56 Å². The second kappa shape index (κ2) is 6.31. The molecule has 1 aliphatic heterocycles. The number of likely N-dealkylation sites (tertiary alicyclic amines) is 1. The number of carbonyl (C=O) groups is 1. The molecule has 0 aromatic heterocycles. The lowest BCUT2D eigenvalue weighted by Gasteiger charge is -2.25. The van der Waals surface area contributed by atoms with Crippen LogP contribution in [0.4, 0.5) is 0 Å². The number of nitrogens with zero attached hydrogens (tertiary/aromatic N) is 1. The van der Waals surface area contributed by atoms with Gasteiger partial charge in [-0.05, 0) is 38.3 Å². The van der Waals surface area contributed by atoms with Gasteiger partial charge in [-0.15, -0.1) is 0 Å². The number of ketones is 1. The van der Waals surface area contributed by atoms with Crippen LogP contribution in [0.15, 0.2) is 30.3 Å². The summed E-state index contributed by atoms with van der Waals surface area (Å²) in [4.78, 5) is 13.6. The Kier molecular flexibility index (Phi) is 4.72. The topological polar surface area (TPSA) is 40.5 Å². The molecule has 1 atom stereocenters. The van der Waals surface area contributed by atoms with Gasteiger partial charge in [-0.1, -0.05) is 30.3 Å². The van der Waals surface area contributed by atoms with Crippen LogP contribution >= 0.6 is 0 Å². The summed E-state index contributed by atoms with van der Waals surface area (Å²) in [6.07, 6.45) is 2.68. The Morgan fingerprint density at radius 1 is 1.26 bits per heavy atom. The highest BCUT2D eigenvalue weighted by atomic mass is 16.3. The fraction of sp³-hybridized carbons (Fsp3) is 0.562. The highest BCUT2D eigenvalue weighted by Crippen LogP contribution is 2.26. The summed E-state index contributed by atoms with van der Waals surface area (Å²) >= 11 is 0. The molecule has 0 amide bonds. The minimum Gasteiger partial charge on any atom is -0.389 e. The first-order valence-corrected chi connectivity index (χ1v) is 7.05. The minimum atomic E-state index is -0.780. The summed E-state index contributed by atoms with van der Waals surface area (Å²) in [6, 6.07) is 10.4. The van der Waals surface area contributed by atoms with Gasteiger partial charge in [0.1, 0.15) is 5.78 Å². The Hall–Kier alpha value is -1.19. The highest BCUT2D eigenvalue weighted by molar-refractivity contribution is 5.76. The average Bonchev–Trinajstić information content (AvgIpc) is 2.52. The largest absolute Gasteiger partial charge is 0.389 e. The Morgan fingerprint density at radius 2 is 2.00 bits per heavy atom. The van der Waals surface area contributed by atoms with E-state index in [2.05, 4.69) is 29.2 Å². The molecular formula is C16H23NO2. The van der Waals surface area contributed by atoms with E-state index in [1.807, 2.05) is 6.07 Å². The van der Waals surface area contributed by atoms with Gasteiger partial charge in [0.2, 0.25) is 0 Å². The number of Topliss-reactive ketones (excluding diaryl/α,β-unsaturated/α-hetero) is 1. The van der Waals surface area contributed by atoms with Crippen LogP contribution in [0.25, 0.3) is 0 Å². The normalized spacial score (nSPS) is 24.9. The van der Waals surface area contributed by atoms with Gasteiger partial charge in [0.05, 0.1) is 5.60 Å². The SMILES string of the molecule is CC(=O)CC1(O)CCCN(Cc2ccccc2)CC1. The van der Waals surface area contributed by atoms with Crippen LogP contribution in [0.1, 0.15) is 38.2 Å². The van der Waals surface area contributed by atoms with Gasteiger partial charge in [-0.25, -0.2) is 0 Å². The van der Waals surface area contributed by atoms with Crippen LogP contribution in [0, 0.1) is 0 Å². The molecule has 19 heavy (non-hydrogen) atoms. The molecule has 0 radical (unpaired) electrons. The number of rotatable bonds is 4. The van der Waals surface area contributed by atoms with Crippen molar-refractivity contribution in [3.63, 3.8) is 0 Å². The Bertz CT molecular complexity index is 418. The van der Waals surface area contributed by atoms with Crippen molar-refractivity contribution in [2.45, 2.75) is 44.8 Å². The smallest absolute Gasteiger partial charge is 0.132 e. The van der Waals surface area contributed by atoms with E-state index in [9.17, 15) is 9.90 Å². The molecule has 1 aliphatic rings. The number of benzene rings is 1. The molecular weight excluding hydrogens is 238 g/mol. The summed E-state index contributed by atoms with van der Waals surface area (Å²) in [5, 5.41) is 10.5. The summed E-state index contributed by atoms with van der Waals surface area (Å²) in [7, 11) is 0. The second-order valence-corrected chi connectivity index (χ2v) is 5.72. The molecule has 1 saturated heterocycles. The summed E-state index contributed by atoms with van der Waals surface area (Å²) in [5.41, 5.74) is 0.525. The molecule has 0 aliphatic carbocycles. The van der Waals surface area contributed by atoms with Crippen LogP contribution in [-0.2, 0) is 11.3 Å². The molecule has 0 saturated carbocycles. The van der Waals surface area contributed by atoms with E-state index in [4.69, 9.17) is 0 Å². The molecule has 3 heteroatoms. The zero-order valence-corrected chi connectivity index (χ0v) is 11.6. The number of carbonyl (C=O) groups excluding carboxylic acids is 1. The first-order valence-electron chi connectivity index (χ1n) is 7.05. The van der Waals surface area contributed by atoms with Crippen molar-refractivity contribution in [1.29, 1.82) is 0 Å². The third-order valence-corrected chi connectivity index (χ3v) is 3.84. The fourth-order valence-electron chi connectivity index (χ4n) is 2.87. The second-order valence-electron chi connectivity index (χ2n) is 5.72. The van der Waals surface area contributed by atoms with Crippen LogP contribution in [0.3, 0.4) is 0 Å². The van der Waals surface area contributed by atoms with Gasteiger partial charge in [0.25, 0.3) is 0 Å². The first-order chi connectivity index (χ1) is 9.07. The molecule has 1 aromatic carbocycles. The van der Waals surface area contributed by atoms with Crippen molar-refractivity contribution in [3.05, 3.63) is 35.9 Å². The highest BCUT2D eigenvalue weighted by Gasteiger charge is 2.31. The summed E-state index contributed by atoms with van der Waals surface area (Å²) in [6.45, 7) is 4.34. The molecule has 3 nitrogen and oxygen atoms in total. The van der Waals surface area contributed by atoms with Gasteiger partial charge >= 0.3 is 0 Å². The van der Waals surface area contributed by atoms with Crippen molar-refractivity contribution in [3.8, 4) is 0 Å². The van der Waals surface area contributed by atoms with Crippen LogP contribution in [0.5, 0.6) is 0 Å². The van der Waals surface area contributed by atoms with Gasteiger partial charge < -0.3 is 5.11 Å². The third kappa shape index (κ3) is 4.44. The maximum Gasteiger partial charge on any atom is 0.132 e. The van der Waals surface area contributed by atoms with Gasteiger partial charge in [0, 0.05) is 19.5 Å². The van der Waals surface area contributed by atoms with Gasteiger partial charge in [-0.3, -0.25) is 9.69 Å². The van der Waals surface area contributed by atoms with Crippen molar-refractivity contribution in [2.24, 2.45) is 0 Å². The third-order valence-electron chi connectivity index (χ3n) is 3.84. The number of aliphatic hydroxyl groups is 1. The van der Waals surface area contributed by atoms with Gasteiger partial charge in [-0.2, -0.15) is 0 Å². The fourth-order valence-corrected chi connectivity index (χ4v) is 2.87. The average molecular weight is 261 g/mol. The molecule has 1 aromatic rings. The standard InChI is InChI=1S/C16H23NO2/c1-14(18)12-16(19)8-5-10-17(11-9-16)13-15-6-3-2-4-7-15/h2-4,6-7,19H,5,8-13H2,1H3. The van der Waals surface area contributed by atoms with Crippen molar-refractivity contribution in [2.75, 3.05) is 13.1 Å². The van der Waals surface area contributed by atoms with E-state index >= 15 is 0 Å². The van der Waals surface area contributed by atoms with Gasteiger partial charge in [0.15, 0.2) is 0 Å². The lowest BCUT2D eigenvalue weighted by Crippen LogP contribution is -2.33. The lowest BCUT2D eigenvalue weighted by atomic mass is 9.90. The molecule has 2 rings (SSSR count). The van der Waals surface area contributed by atoms with Crippen molar-refractivity contribution in [1.82, 2.24) is 4.90 Å². The quantitative estimate of drug-likeness (QED) is 0.904. The zero-order valence-electron chi connectivity index (χ0n) is 11.6. The Balaban J connectivity index is 1.91.